The van der Waals surface area contributed by atoms with Crippen LogP contribution in [0.15, 0.2) is 23.5 Å². The minimum Gasteiger partial charge on any atom is -0.494 e. The van der Waals surface area contributed by atoms with Gasteiger partial charge in [-0.05, 0) is 19.4 Å². The number of ether oxygens (including phenoxy) is 1. The molecule has 1 heterocycles. The molecule has 0 radical (unpaired) electrons. The van der Waals surface area contributed by atoms with Crippen LogP contribution < -0.4 is 0 Å². The van der Waals surface area contributed by atoms with Gasteiger partial charge < -0.3 is 9.84 Å². The van der Waals surface area contributed by atoms with Crippen molar-refractivity contribution >= 4 is 0 Å². The van der Waals surface area contributed by atoms with Crippen LogP contribution in [0.2, 0.25) is 0 Å². The summed E-state index contributed by atoms with van der Waals surface area (Å²) in [4.78, 5) is 0. The molecule has 14 heavy (non-hydrogen) atoms. The van der Waals surface area contributed by atoms with Gasteiger partial charge in [-0.25, -0.2) is 0 Å². The predicted molar refractivity (Wildman–Crippen MR) is 57.9 cm³/mol. The maximum Gasteiger partial charge on any atom is 0.124 e. The van der Waals surface area contributed by atoms with Gasteiger partial charge in [0.05, 0.1) is 6.61 Å². The van der Waals surface area contributed by atoms with Crippen molar-refractivity contribution in [3.63, 3.8) is 0 Å². The van der Waals surface area contributed by atoms with Crippen molar-refractivity contribution in [1.82, 2.24) is 0 Å². The van der Waals surface area contributed by atoms with E-state index in [1.165, 1.54) is 0 Å². The summed E-state index contributed by atoms with van der Waals surface area (Å²) in [6, 6.07) is 0. The van der Waals surface area contributed by atoms with Gasteiger partial charge >= 0.3 is 0 Å². The standard InChI is InChI=1S/C12H20O2/c1-8(2)6-10(13)11-9(3)12(4,5)7-14-11/h10,13H,1,6-7H2,2-5H3. The van der Waals surface area contributed by atoms with Crippen molar-refractivity contribution in [1.29, 1.82) is 0 Å². The van der Waals surface area contributed by atoms with Gasteiger partial charge in [0, 0.05) is 11.8 Å². The summed E-state index contributed by atoms with van der Waals surface area (Å²) in [5.74, 6) is 0.748. The van der Waals surface area contributed by atoms with Crippen molar-refractivity contribution in [2.45, 2.75) is 40.2 Å². The van der Waals surface area contributed by atoms with Crippen molar-refractivity contribution in [3.05, 3.63) is 23.5 Å². The van der Waals surface area contributed by atoms with Crippen LogP contribution in [0.5, 0.6) is 0 Å². The van der Waals surface area contributed by atoms with Crippen LogP contribution in [0.25, 0.3) is 0 Å². The third kappa shape index (κ3) is 2.18. The summed E-state index contributed by atoms with van der Waals surface area (Å²) in [6.07, 6.45) is 0.0669. The molecular formula is C12H20O2. The lowest BCUT2D eigenvalue weighted by Crippen LogP contribution is -2.13. The Bertz CT molecular complexity index is 274. The highest BCUT2D eigenvalue weighted by atomic mass is 16.5. The van der Waals surface area contributed by atoms with Gasteiger partial charge in [-0.15, -0.1) is 6.58 Å². The molecule has 0 amide bonds. The van der Waals surface area contributed by atoms with Crippen LogP contribution >= 0.6 is 0 Å². The molecule has 0 bridgehead atoms. The number of rotatable bonds is 3. The lowest BCUT2D eigenvalue weighted by molar-refractivity contribution is 0.103. The van der Waals surface area contributed by atoms with E-state index in [4.69, 9.17) is 4.74 Å². The Morgan fingerprint density at radius 3 is 2.57 bits per heavy atom. The average Bonchev–Trinajstić information content (AvgIpc) is 2.26. The predicted octanol–water partition coefficient (Wildman–Crippen LogP) is 2.64. The fraction of sp³-hybridized carbons (Fsp3) is 0.667. The number of aliphatic hydroxyl groups is 1. The first-order valence-electron chi connectivity index (χ1n) is 5.01. The molecule has 1 rings (SSSR count). The molecule has 80 valence electrons. The third-order valence-electron chi connectivity index (χ3n) is 2.82. The fourth-order valence-electron chi connectivity index (χ4n) is 1.58. The zero-order valence-corrected chi connectivity index (χ0v) is 9.55. The Balaban J connectivity index is 2.79. The molecular weight excluding hydrogens is 176 g/mol. The van der Waals surface area contributed by atoms with Gasteiger partial charge in [0.25, 0.3) is 0 Å². The van der Waals surface area contributed by atoms with E-state index in [9.17, 15) is 5.11 Å². The first-order chi connectivity index (χ1) is 6.34. The molecule has 1 N–H and O–H groups in total. The Hall–Kier alpha value is -0.760. The maximum atomic E-state index is 9.88. The van der Waals surface area contributed by atoms with E-state index in [0.29, 0.717) is 13.0 Å². The second-order valence-corrected chi connectivity index (χ2v) is 4.84. The molecule has 1 unspecified atom stereocenters. The van der Waals surface area contributed by atoms with Gasteiger partial charge in [-0.1, -0.05) is 19.4 Å². The summed E-state index contributed by atoms with van der Waals surface area (Å²) in [5, 5.41) is 9.88. The number of aliphatic hydroxyl groups excluding tert-OH is 1. The van der Waals surface area contributed by atoms with Crippen LogP contribution in [0.3, 0.4) is 0 Å². The van der Waals surface area contributed by atoms with Crippen LogP contribution in [0.4, 0.5) is 0 Å². The average molecular weight is 196 g/mol. The van der Waals surface area contributed by atoms with Crippen molar-refractivity contribution in [2.24, 2.45) is 5.41 Å². The molecule has 0 aliphatic carbocycles. The van der Waals surface area contributed by atoms with Gasteiger partial charge in [-0.2, -0.15) is 0 Å². The molecule has 1 aliphatic rings. The van der Waals surface area contributed by atoms with Gasteiger partial charge in [0.1, 0.15) is 11.9 Å². The lowest BCUT2D eigenvalue weighted by Gasteiger charge is -2.16. The lowest BCUT2D eigenvalue weighted by atomic mass is 9.86. The first-order valence-corrected chi connectivity index (χ1v) is 5.01. The molecule has 0 fully saturated rings. The highest BCUT2D eigenvalue weighted by Gasteiger charge is 2.34. The Kier molecular flexibility index (Phi) is 3.05. The zero-order chi connectivity index (χ0) is 10.9. The quantitative estimate of drug-likeness (QED) is 0.703. The monoisotopic (exact) mass is 196 g/mol. The minimum atomic E-state index is -0.519. The largest absolute Gasteiger partial charge is 0.494 e. The van der Waals surface area contributed by atoms with E-state index in [0.717, 1.165) is 16.9 Å². The van der Waals surface area contributed by atoms with Gasteiger partial charge in [-0.3, -0.25) is 0 Å². The summed E-state index contributed by atoms with van der Waals surface area (Å²) in [6.45, 7) is 12.7. The number of hydrogen-bond donors (Lipinski definition) is 1. The summed E-state index contributed by atoms with van der Waals surface area (Å²) >= 11 is 0. The molecule has 1 atom stereocenters. The van der Waals surface area contributed by atoms with Crippen LogP contribution in [0, 0.1) is 5.41 Å². The molecule has 2 nitrogen and oxygen atoms in total. The molecule has 0 saturated carbocycles. The molecule has 0 spiro atoms. The molecule has 0 aromatic heterocycles. The Labute approximate surface area is 86.3 Å². The summed E-state index contributed by atoms with van der Waals surface area (Å²) in [7, 11) is 0. The fourth-order valence-corrected chi connectivity index (χ4v) is 1.58. The van der Waals surface area contributed by atoms with Crippen molar-refractivity contribution in [2.75, 3.05) is 6.61 Å². The highest BCUT2D eigenvalue weighted by Crippen LogP contribution is 2.37. The number of hydrogen-bond acceptors (Lipinski definition) is 2. The maximum absolute atomic E-state index is 9.88. The van der Waals surface area contributed by atoms with Crippen LogP contribution in [-0.4, -0.2) is 17.8 Å². The Morgan fingerprint density at radius 2 is 2.21 bits per heavy atom. The van der Waals surface area contributed by atoms with E-state index in [2.05, 4.69) is 20.4 Å². The van der Waals surface area contributed by atoms with Crippen LogP contribution in [0.1, 0.15) is 34.1 Å². The molecule has 0 aromatic carbocycles. The summed E-state index contributed by atoms with van der Waals surface area (Å²) < 4.78 is 5.53. The van der Waals surface area contributed by atoms with E-state index >= 15 is 0 Å². The highest BCUT2D eigenvalue weighted by molar-refractivity contribution is 5.23. The smallest absolute Gasteiger partial charge is 0.124 e. The molecule has 1 aliphatic heterocycles. The normalized spacial score (nSPS) is 22.1. The van der Waals surface area contributed by atoms with Gasteiger partial charge in [0.2, 0.25) is 0 Å². The van der Waals surface area contributed by atoms with Crippen molar-refractivity contribution in [3.8, 4) is 0 Å². The first kappa shape index (κ1) is 11.3. The zero-order valence-electron chi connectivity index (χ0n) is 9.55. The van der Waals surface area contributed by atoms with E-state index in [1.54, 1.807) is 0 Å². The second-order valence-electron chi connectivity index (χ2n) is 4.84. The summed E-state index contributed by atoms with van der Waals surface area (Å²) in [5.41, 5.74) is 2.20. The minimum absolute atomic E-state index is 0.0609. The van der Waals surface area contributed by atoms with Crippen molar-refractivity contribution < 1.29 is 9.84 Å². The van der Waals surface area contributed by atoms with Crippen LogP contribution in [-0.2, 0) is 4.74 Å². The van der Waals surface area contributed by atoms with E-state index in [-0.39, 0.29) is 5.41 Å². The van der Waals surface area contributed by atoms with E-state index in [1.807, 2.05) is 13.8 Å². The van der Waals surface area contributed by atoms with Gasteiger partial charge in [0.15, 0.2) is 0 Å². The topological polar surface area (TPSA) is 29.5 Å². The Morgan fingerprint density at radius 1 is 1.64 bits per heavy atom. The molecule has 0 aromatic rings. The second kappa shape index (κ2) is 3.77. The van der Waals surface area contributed by atoms with E-state index < -0.39 is 6.10 Å². The molecule has 2 heteroatoms. The molecule has 0 saturated heterocycles. The SMILES string of the molecule is C=C(C)CC(O)C1=C(C)C(C)(C)CO1. The third-order valence-corrected chi connectivity index (χ3v) is 2.82.